The number of aromatic nitrogens is 1. The largest absolute Gasteiger partial charge is 0.497 e. The second-order valence-corrected chi connectivity index (χ2v) is 7.59. The molecule has 0 radical (unpaired) electrons. The summed E-state index contributed by atoms with van der Waals surface area (Å²) < 4.78 is 16.1. The quantitative estimate of drug-likeness (QED) is 0.630. The van der Waals surface area contributed by atoms with Crippen LogP contribution in [0.5, 0.6) is 5.75 Å². The highest BCUT2D eigenvalue weighted by Gasteiger charge is 2.24. The van der Waals surface area contributed by atoms with Crippen molar-refractivity contribution in [3.05, 3.63) is 71.4 Å². The number of ether oxygens (including phenoxy) is 2. The van der Waals surface area contributed by atoms with Gasteiger partial charge in [-0.1, -0.05) is 35.0 Å². The van der Waals surface area contributed by atoms with Crippen molar-refractivity contribution in [3.8, 4) is 17.1 Å². The summed E-state index contributed by atoms with van der Waals surface area (Å²) in [6, 6.07) is 17.6. The summed E-state index contributed by atoms with van der Waals surface area (Å²) in [6.07, 6.45) is 0. The Bertz CT molecular complexity index is 992. The molecule has 0 spiro atoms. The SMILES string of the molecule is COc1ccc(-c2cc(C(=O)NC[C@@H](c3ccc(C)cc3)N3CCOCC3)no2)cc1. The fourth-order valence-electron chi connectivity index (χ4n) is 3.69. The minimum absolute atomic E-state index is 0.0707. The second-order valence-electron chi connectivity index (χ2n) is 7.59. The topological polar surface area (TPSA) is 76.8 Å². The van der Waals surface area contributed by atoms with Crippen LogP contribution in [0.3, 0.4) is 0 Å². The number of methoxy groups -OCH3 is 1. The van der Waals surface area contributed by atoms with E-state index < -0.39 is 0 Å². The molecular weight excluding hydrogens is 394 g/mol. The second kappa shape index (κ2) is 9.76. The van der Waals surface area contributed by atoms with Gasteiger partial charge < -0.3 is 19.3 Å². The molecule has 0 aliphatic carbocycles. The Morgan fingerprint density at radius 1 is 1.13 bits per heavy atom. The van der Waals surface area contributed by atoms with Crippen molar-refractivity contribution in [2.75, 3.05) is 40.0 Å². The highest BCUT2D eigenvalue weighted by atomic mass is 16.5. The van der Waals surface area contributed by atoms with E-state index in [0.29, 0.717) is 25.5 Å². The summed E-state index contributed by atoms with van der Waals surface area (Å²) in [5.74, 6) is 1.04. The van der Waals surface area contributed by atoms with E-state index in [4.69, 9.17) is 14.0 Å². The minimum Gasteiger partial charge on any atom is -0.497 e. The van der Waals surface area contributed by atoms with Crippen molar-refractivity contribution in [2.24, 2.45) is 0 Å². The first-order valence-electron chi connectivity index (χ1n) is 10.4. The van der Waals surface area contributed by atoms with Gasteiger partial charge in [-0.2, -0.15) is 0 Å². The average Bonchev–Trinajstić information content (AvgIpc) is 3.31. The number of amides is 1. The van der Waals surface area contributed by atoms with E-state index in [1.54, 1.807) is 13.2 Å². The molecule has 0 bridgehead atoms. The monoisotopic (exact) mass is 421 g/mol. The zero-order valence-electron chi connectivity index (χ0n) is 17.8. The van der Waals surface area contributed by atoms with Crippen molar-refractivity contribution in [2.45, 2.75) is 13.0 Å². The molecule has 31 heavy (non-hydrogen) atoms. The van der Waals surface area contributed by atoms with E-state index in [1.165, 1.54) is 11.1 Å². The standard InChI is InChI=1S/C24H27N3O4/c1-17-3-5-18(6-4-17)22(27-11-13-30-14-12-27)16-25-24(28)21-15-23(31-26-21)19-7-9-20(29-2)10-8-19/h3-10,15,22H,11-14,16H2,1-2H3,(H,25,28)/t22-/m0/s1. The van der Waals surface area contributed by atoms with Crippen LogP contribution < -0.4 is 10.1 Å². The van der Waals surface area contributed by atoms with Gasteiger partial charge in [0.15, 0.2) is 11.5 Å². The van der Waals surface area contributed by atoms with E-state index in [9.17, 15) is 4.79 Å². The third-order valence-electron chi connectivity index (χ3n) is 5.52. The van der Waals surface area contributed by atoms with Gasteiger partial charge in [0.05, 0.1) is 26.4 Å². The molecule has 3 aromatic rings. The molecule has 1 aliphatic rings. The summed E-state index contributed by atoms with van der Waals surface area (Å²) in [7, 11) is 1.62. The minimum atomic E-state index is -0.256. The van der Waals surface area contributed by atoms with Crippen molar-refractivity contribution in [3.63, 3.8) is 0 Å². The van der Waals surface area contributed by atoms with Crippen LogP contribution in [0.4, 0.5) is 0 Å². The lowest BCUT2D eigenvalue weighted by atomic mass is 10.0. The lowest BCUT2D eigenvalue weighted by molar-refractivity contribution is 0.0162. The van der Waals surface area contributed by atoms with Gasteiger partial charge in [-0.15, -0.1) is 0 Å². The lowest BCUT2D eigenvalue weighted by Crippen LogP contribution is -2.43. The summed E-state index contributed by atoms with van der Waals surface area (Å²) in [4.78, 5) is 15.1. The zero-order chi connectivity index (χ0) is 21.6. The highest BCUT2D eigenvalue weighted by molar-refractivity contribution is 5.93. The first-order valence-corrected chi connectivity index (χ1v) is 10.4. The summed E-state index contributed by atoms with van der Waals surface area (Å²) in [5, 5.41) is 6.99. The van der Waals surface area contributed by atoms with Gasteiger partial charge in [-0.05, 0) is 36.8 Å². The molecule has 0 saturated carbocycles. The third-order valence-corrected chi connectivity index (χ3v) is 5.52. The number of nitrogens with one attached hydrogen (secondary N) is 1. The smallest absolute Gasteiger partial charge is 0.273 e. The molecular formula is C24H27N3O4. The van der Waals surface area contributed by atoms with Crippen LogP contribution in [-0.4, -0.2) is 55.9 Å². The number of aryl methyl sites for hydroxylation is 1. The van der Waals surface area contributed by atoms with Gasteiger partial charge in [0.2, 0.25) is 0 Å². The van der Waals surface area contributed by atoms with Gasteiger partial charge in [-0.25, -0.2) is 0 Å². The maximum Gasteiger partial charge on any atom is 0.273 e. The molecule has 1 fully saturated rings. The lowest BCUT2D eigenvalue weighted by Gasteiger charge is -2.35. The van der Waals surface area contributed by atoms with Crippen LogP contribution in [0, 0.1) is 6.92 Å². The van der Waals surface area contributed by atoms with Gasteiger partial charge in [-0.3, -0.25) is 9.69 Å². The number of hydrogen-bond acceptors (Lipinski definition) is 6. The molecule has 1 atom stereocenters. The maximum absolute atomic E-state index is 12.8. The number of carbonyl (C=O) groups excluding carboxylic acids is 1. The molecule has 4 rings (SSSR count). The number of nitrogens with zero attached hydrogens (tertiary/aromatic N) is 2. The van der Waals surface area contributed by atoms with Crippen LogP contribution in [-0.2, 0) is 4.74 Å². The summed E-state index contributed by atoms with van der Waals surface area (Å²) in [6.45, 7) is 5.61. The van der Waals surface area contributed by atoms with Crippen LogP contribution >= 0.6 is 0 Å². The predicted octanol–water partition coefficient (Wildman–Crippen LogP) is 3.46. The Balaban J connectivity index is 1.44. The molecule has 1 saturated heterocycles. The molecule has 1 aliphatic heterocycles. The molecule has 0 unspecified atom stereocenters. The van der Waals surface area contributed by atoms with Crippen LogP contribution in [0.15, 0.2) is 59.1 Å². The summed E-state index contributed by atoms with van der Waals surface area (Å²) in [5.41, 5.74) is 3.47. The first kappa shape index (κ1) is 21.1. The fourth-order valence-corrected chi connectivity index (χ4v) is 3.69. The highest BCUT2D eigenvalue weighted by Crippen LogP contribution is 2.24. The van der Waals surface area contributed by atoms with Crippen molar-refractivity contribution >= 4 is 5.91 Å². The maximum atomic E-state index is 12.8. The van der Waals surface area contributed by atoms with Crippen LogP contribution in [0.2, 0.25) is 0 Å². The fraction of sp³-hybridized carbons (Fsp3) is 0.333. The molecule has 2 heterocycles. The Kier molecular flexibility index (Phi) is 6.64. The van der Waals surface area contributed by atoms with Crippen molar-refractivity contribution in [1.82, 2.24) is 15.4 Å². The first-order chi connectivity index (χ1) is 15.1. The molecule has 1 amide bonds. The Labute approximate surface area is 181 Å². The third kappa shape index (κ3) is 5.13. The van der Waals surface area contributed by atoms with Gasteiger partial charge in [0.1, 0.15) is 5.75 Å². The number of carbonyl (C=O) groups is 1. The van der Waals surface area contributed by atoms with E-state index in [2.05, 4.69) is 46.6 Å². The average molecular weight is 421 g/mol. The number of hydrogen-bond donors (Lipinski definition) is 1. The van der Waals surface area contributed by atoms with Crippen LogP contribution in [0.25, 0.3) is 11.3 Å². The zero-order valence-corrected chi connectivity index (χ0v) is 17.8. The molecule has 2 aromatic carbocycles. The Hall–Kier alpha value is -3.16. The van der Waals surface area contributed by atoms with Gasteiger partial charge in [0, 0.05) is 31.3 Å². The Morgan fingerprint density at radius 2 is 1.84 bits per heavy atom. The molecule has 1 aromatic heterocycles. The van der Waals surface area contributed by atoms with E-state index >= 15 is 0 Å². The van der Waals surface area contributed by atoms with Crippen LogP contribution in [0.1, 0.15) is 27.7 Å². The predicted molar refractivity (Wildman–Crippen MR) is 117 cm³/mol. The molecule has 162 valence electrons. The molecule has 7 heteroatoms. The Morgan fingerprint density at radius 3 is 2.52 bits per heavy atom. The normalized spacial score (nSPS) is 15.4. The van der Waals surface area contributed by atoms with E-state index in [-0.39, 0.29) is 17.6 Å². The van der Waals surface area contributed by atoms with E-state index in [0.717, 1.165) is 24.4 Å². The van der Waals surface area contributed by atoms with E-state index in [1.807, 2.05) is 24.3 Å². The number of morpholine rings is 1. The van der Waals surface area contributed by atoms with Crippen molar-refractivity contribution < 1.29 is 18.8 Å². The van der Waals surface area contributed by atoms with Gasteiger partial charge in [0.25, 0.3) is 5.91 Å². The molecule has 7 nitrogen and oxygen atoms in total. The number of rotatable bonds is 7. The van der Waals surface area contributed by atoms with Crippen molar-refractivity contribution in [1.29, 1.82) is 0 Å². The van der Waals surface area contributed by atoms with Gasteiger partial charge >= 0.3 is 0 Å². The summed E-state index contributed by atoms with van der Waals surface area (Å²) >= 11 is 0. The molecule has 1 N–H and O–H groups in total. The number of benzene rings is 2.